The van der Waals surface area contributed by atoms with E-state index in [9.17, 15) is 8.42 Å². The molecule has 0 unspecified atom stereocenters. The van der Waals surface area contributed by atoms with Crippen LogP contribution in [0.4, 0.5) is 0 Å². The van der Waals surface area contributed by atoms with Gasteiger partial charge < -0.3 is 10.5 Å². The van der Waals surface area contributed by atoms with Gasteiger partial charge in [-0.2, -0.15) is 4.31 Å². The lowest BCUT2D eigenvalue weighted by Crippen LogP contribution is -2.36. The zero-order valence-electron chi connectivity index (χ0n) is 11.1. The molecular formula is C12H17BrN2O3S2. The van der Waals surface area contributed by atoms with Gasteiger partial charge in [-0.15, -0.1) is 0 Å². The molecular weight excluding hydrogens is 364 g/mol. The maximum Gasteiger partial charge on any atom is 0.244 e. The summed E-state index contributed by atoms with van der Waals surface area (Å²) in [5.41, 5.74) is 5.45. The summed E-state index contributed by atoms with van der Waals surface area (Å²) >= 11 is 8.07. The number of methoxy groups -OCH3 is 1. The molecule has 0 atom stereocenters. The lowest BCUT2D eigenvalue weighted by molar-refractivity contribution is 0.179. The maximum atomic E-state index is 12.6. The fourth-order valence-electron chi connectivity index (χ4n) is 1.57. The smallest absolute Gasteiger partial charge is 0.244 e. The normalized spacial score (nSPS) is 11.8. The number of rotatable bonds is 8. The van der Waals surface area contributed by atoms with E-state index in [1.165, 1.54) is 11.4 Å². The van der Waals surface area contributed by atoms with Crippen molar-refractivity contribution in [2.45, 2.75) is 11.3 Å². The molecule has 1 rings (SSSR count). The van der Waals surface area contributed by atoms with E-state index in [0.717, 1.165) is 0 Å². The molecule has 0 aromatic heterocycles. The first kappa shape index (κ1) is 17.5. The Morgan fingerprint density at radius 2 is 2.05 bits per heavy atom. The van der Waals surface area contributed by atoms with E-state index in [-0.39, 0.29) is 23.0 Å². The van der Waals surface area contributed by atoms with E-state index in [0.29, 0.717) is 17.5 Å². The van der Waals surface area contributed by atoms with Gasteiger partial charge in [0.05, 0.1) is 16.5 Å². The second-order valence-corrected chi connectivity index (χ2v) is 7.33. The molecule has 0 aliphatic carbocycles. The third-order valence-electron chi connectivity index (χ3n) is 2.61. The number of thiocarbonyl (C=S) groups is 1. The molecule has 112 valence electrons. The molecule has 20 heavy (non-hydrogen) atoms. The van der Waals surface area contributed by atoms with Gasteiger partial charge in [0, 0.05) is 31.1 Å². The minimum absolute atomic E-state index is 0.221. The molecule has 5 nitrogen and oxygen atoms in total. The molecule has 0 aliphatic rings. The monoisotopic (exact) mass is 380 g/mol. The Morgan fingerprint density at radius 1 is 1.40 bits per heavy atom. The topological polar surface area (TPSA) is 72.6 Å². The molecule has 2 N–H and O–H groups in total. The van der Waals surface area contributed by atoms with Crippen molar-refractivity contribution in [2.75, 3.05) is 26.8 Å². The number of nitrogens with two attached hydrogens (primary N) is 1. The summed E-state index contributed by atoms with van der Waals surface area (Å²) in [7, 11) is -2.08. The third kappa shape index (κ3) is 4.78. The van der Waals surface area contributed by atoms with Crippen LogP contribution in [-0.2, 0) is 14.8 Å². The number of benzene rings is 1. The SMILES string of the molecule is COCCN(CCC(N)=S)S(=O)(=O)c1ccccc1Br. The van der Waals surface area contributed by atoms with Gasteiger partial charge in [-0.05, 0) is 28.1 Å². The van der Waals surface area contributed by atoms with Crippen molar-refractivity contribution in [3.63, 3.8) is 0 Å². The van der Waals surface area contributed by atoms with Gasteiger partial charge in [-0.1, -0.05) is 24.4 Å². The number of ether oxygens (including phenoxy) is 1. The highest BCUT2D eigenvalue weighted by Crippen LogP contribution is 2.24. The molecule has 1 aromatic rings. The van der Waals surface area contributed by atoms with Crippen molar-refractivity contribution in [3.05, 3.63) is 28.7 Å². The van der Waals surface area contributed by atoms with Gasteiger partial charge in [0.2, 0.25) is 10.0 Å². The van der Waals surface area contributed by atoms with Crippen LogP contribution in [0.5, 0.6) is 0 Å². The van der Waals surface area contributed by atoms with E-state index < -0.39 is 10.0 Å². The maximum absolute atomic E-state index is 12.6. The van der Waals surface area contributed by atoms with Crippen molar-refractivity contribution >= 4 is 43.2 Å². The van der Waals surface area contributed by atoms with Gasteiger partial charge in [-0.25, -0.2) is 8.42 Å². The third-order valence-corrected chi connectivity index (χ3v) is 5.72. The average molecular weight is 381 g/mol. The van der Waals surface area contributed by atoms with Crippen LogP contribution in [0.3, 0.4) is 0 Å². The molecule has 0 bridgehead atoms. The lowest BCUT2D eigenvalue weighted by atomic mass is 10.4. The first-order valence-corrected chi connectivity index (χ1v) is 8.55. The van der Waals surface area contributed by atoms with Crippen LogP contribution >= 0.6 is 28.1 Å². The zero-order chi connectivity index (χ0) is 15.2. The van der Waals surface area contributed by atoms with Crippen molar-refractivity contribution in [3.8, 4) is 0 Å². The second kappa shape index (κ2) is 8.04. The summed E-state index contributed by atoms with van der Waals surface area (Å²) in [6, 6.07) is 6.69. The van der Waals surface area contributed by atoms with E-state index in [4.69, 9.17) is 22.7 Å². The molecule has 0 aliphatic heterocycles. The van der Waals surface area contributed by atoms with Crippen molar-refractivity contribution in [1.82, 2.24) is 4.31 Å². The Bertz CT molecular complexity index is 564. The minimum atomic E-state index is -3.61. The minimum Gasteiger partial charge on any atom is -0.393 e. The predicted molar refractivity (Wildman–Crippen MR) is 86.2 cm³/mol. The number of nitrogens with zero attached hydrogens (tertiary/aromatic N) is 1. The van der Waals surface area contributed by atoms with Crippen LogP contribution in [0.2, 0.25) is 0 Å². The molecule has 0 spiro atoms. The van der Waals surface area contributed by atoms with Crippen LogP contribution < -0.4 is 5.73 Å². The van der Waals surface area contributed by atoms with Crippen molar-refractivity contribution in [2.24, 2.45) is 5.73 Å². The van der Waals surface area contributed by atoms with Crippen molar-refractivity contribution < 1.29 is 13.2 Å². The summed E-state index contributed by atoms with van der Waals surface area (Å²) < 4.78 is 32.1. The van der Waals surface area contributed by atoms with Crippen LogP contribution in [0.25, 0.3) is 0 Å². The Morgan fingerprint density at radius 3 is 2.60 bits per heavy atom. The average Bonchev–Trinajstić information content (AvgIpc) is 2.38. The molecule has 0 radical (unpaired) electrons. The summed E-state index contributed by atoms with van der Waals surface area (Å²) in [5.74, 6) is 0. The fraction of sp³-hybridized carbons (Fsp3) is 0.417. The van der Waals surface area contributed by atoms with E-state index in [1.54, 1.807) is 24.3 Å². The molecule has 8 heteroatoms. The summed E-state index contributed by atoms with van der Waals surface area (Å²) in [5, 5.41) is 0. The summed E-state index contributed by atoms with van der Waals surface area (Å²) in [6.07, 6.45) is 0.336. The van der Waals surface area contributed by atoms with E-state index in [1.807, 2.05) is 0 Å². The van der Waals surface area contributed by atoms with Gasteiger partial charge in [0.15, 0.2) is 0 Å². The Labute approximate surface area is 133 Å². The summed E-state index contributed by atoms with van der Waals surface area (Å²) in [4.78, 5) is 0.508. The van der Waals surface area contributed by atoms with Gasteiger partial charge in [0.25, 0.3) is 0 Å². The lowest BCUT2D eigenvalue weighted by Gasteiger charge is -2.22. The van der Waals surface area contributed by atoms with Gasteiger partial charge in [0.1, 0.15) is 0 Å². The van der Waals surface area contributed by atoms with Gasteiger partial charge in [-0.3, -0.25) is 0 Å². The highest BCUT2D eigenvalue weighted by Gasteiger charge is 2.25. The van der Waals surface area contributed by atoms with E-state index >= 15 is 0 Å². The Hall–Kier alpha value is -0.540. The molecule has 1 aromatic carbocycles. The molecule has 0 heterocycles. The predicted octanol–water partition coefficient (Wildman–Crippen LogP) is 1.76. The Balaban J connectivity index is 3.03. The van der Waals surface area contributed by atoms with Gasteiger partial charge >= 0.3 is 0 Å². The van der Waals surface area contributed by atoms with E-state index in [2.05, 4.69) is 15.9 Å². The first-order valence-electron chi connectivity index (χ1n) is 5.91. The number of sulfonamides is 1. The molecule has 0 saturated carbocycles. The van der Waals surface area contributed by atoms with Crippen LogP contribution in [0, 0.1) is 0 Å². The molecule has 0 fully saturated rings. The Kier molecular flexibility index (Phi) is 7.04. The second-order valence-electron chi connectivity index (χ2n) is 4.04. The zero-order valence-corrected chi connectivity index (χ0v) is 14.3. The quantitative estimate of drug-likeness (QED) is 0.695. The molecule has 0 saturated heterocycles. The number of hydrogen-bond donors (Lipinski definition) is 1. The largest absolute Gasteiger partial charge is 0.393 e. The number of hydrogen-bond acceptors (Lipinski definition) is 4. The van der Waals surface area contributed by atoms with Crippen LogP contribution in [0.1, 0.15) is 6.42 Å². The first-order chi connectivity index (χ1) is 9.39. The standard InChI is InChI=1S/C12H17BrN2O3S2/c1-18-9-8-15(7-6-12(14)19)20(16,17)11-5-3-2-4-10(11)13/h2-5H,6-9H2,1H3,(H2,14,19). The highest BCUT2D eigenvalue weighted by atomic mass is 79.9. The fourth-order valence-corrected chi connectivity index (χ4v) is 4.05. The van der Waals surface area contributed by atoms with Crippen molar-refractivity contribution in [1.29, 1.82) is 0 Å². The van der Waals surface area contributed by atoms with Crippen LogP contribution in [-0.4, -0.2) is 44.5 Å². The highest BCUT2D eigenvalue weighted by molar-refractivity contribution is 9.10. The molecule has 0 amide bonds. The van der Waals surface area contributed by atoms with Crippen LogP contribution in [0.15, 0.2) is 33.6 Å². The number of halogens is 1. The summed E-state index contributed by atoms with van der Waals surface area (Å²) in [6.45, 7) is 0.798.